The number of likely N-dealkylation sites (tertiary alicyclic amines) is 1. The van der Waals surface area contributed by atoms with Crippen molar-refractivity contribution >= 4 is 6.09 Å². The lowest BCUT2D eigenvalue weighted by Gasteiger charge is -2.37. The van der Waals surface area contributed by atoms with Crippen molar-refractivity contribution in [2.24, 2.45) is 11.7 Å². The van der Waals surface area contributed by atoms with E-state index in [1.165, 1.54) is 0 Å². The zero-order chi connectivity index (χ0) is 18.0. The summed E-state index contributed by atoms with van der Waals surface area (Å²) in [5.41, 5.74) is 6.76. The highest BCUT2D eigenvalue weighted by atomic mass is 16.7. The van der Waals surface area contributed by atoms with Crippen LogP contribution in [0.15, 0.2) is 18.2 Å². The molecule has 6 nitrogen and oxygen atoms in total. The fourth-order valence-electron chi connectivity index (χ4n) is 3.58. The summed E-state index contributed by atoms with van der Waals surface area (Å²) in [7, 11) is 0. The molecule has 1 fully saturated rings. The van der Waals surface area contributed by atoms with Crippen LogP contribution >= 0.6 is 0 Å². The Morgan fingerprint density at radius 1 is 1.36 bits per heavy atom. The van der Waals surface area contributed by atoms with Crippen LogP contribution in [0.4, 0.5) is 4.79 Å². The van der Waals surface area contributed by atoms with E-state index in [1.807, 2.05) is 37.8 Å². The Morgan fingerprint density at radius 3 is 2.84 bits per heavy atom. The molecule has 3 rings (SSSR count). The summed E-state index contributed by atoms with van der Waals surface area (Å²) < 4.78 is 16.4. The number of rotatable bonds is 3. The number of hydrogen-bond acceptors (Lipinski definition) is 5. The molecule has 0 saturated carbocycles. The molecular weight excluding hydrogens is 320 g/mol. The summed E-state index contributed by atoms with van der Waals surface area (Å²) in [6, 6.07) is 6.01. The number of nitrogens with two attached hydrogens (primary N) is 1. The third kappa shape index (κ3) is 4.18. The Balaban J connectivity index is 1.71. The van der Waals surface area contributed by atoms with E-state index in [2.05, 4.69) is 6.07 Å². The van der Waals surface area contributed by atoms with Crippen LogP contribution in [0.2, 0.25) is 0 Å². The lowest BCUT2D eigenvalue weighted by molar-refractivity contribution is 0.0152. The Bertz CT molecular complexity index is 626. The number of amides is 1. The Labute approximate surface area is 149 Å². The molecule has 2 atom stereocenters. The van der Waals surface area contributed by atoms with E-state index in [0.717, 1.165) is 36.4 Å². The van der Waals surface area contributed by atoms with Crippen LogP contribution in [0, 0.1) is 5.92 Å². The number of nitrogens with zero attached hydrogens (tertiary/aromatic N) is 1. The number of piperidine rings is 1. The molecule has 2 unspecified atom stereocenters. The molecule has 0 spiro atoms. The van der Waals surface area contributed by atoms with Gasteiger partial charge in [-0.05, 0) is 63.8 Å². The first-order chi connectivity index (χ1) is 11.9. The second kappa shape index (κ2) is 7.12. The monoisotopic (exact) mass is 348 g/mol. The third-order valence-electron chi connectivity index (χ3n) is 4.76. The van der Waals surface area contributed by atoms with E-state index in [9.17, 15) is 4.79 Å². The van der Waals surface area contributed by atoms with Gasteiger partial charge in [-0.1, -0.05) is 6.07 Å². The molecule has 25 heavy (non-hydrogen) atoms. The lowest BCUT2D eigenvalue weighted by atomic mass is 9.81. The number of fused-ring (bicyclic) bond motifs is 1. The molecule has 2 aliphatic rings. The predicted octanol–water partition coefficient (Wildman–Crippen LogP) is 3.10. The number of benzene rings is 1. The molecule has 1 saturated heterocycles. The van der Waals surface area contributed by atoms with Crippen molar-refractivity contribution in [2.75, 3.05) is 26.4 Å². The fraction of sp³-hybridized carbons (Fsp3) is 0.632. The van der Waals surface area contributed by atoms with Crippen LogP contribution in [0.3, 0.4) is 0 Å². The minimum absolute atomic E-state index is 0.180. The van der Waals surface area contributed by atoms with E-state index < -0.39 is 5.60 Å². The molecule has 1 amide bonds. The van der Waals surface area contributed by atoms with E-state index in [0.29, 0.717) is 19.0 Å². The molecule has 6 heteroatoms. The summed E-state index contributed by atoms with van der Waals surface area (Å²) in [6.07, 6.45) is 1.78. The molecule has 1 aromatic carbocycles. The summed E-state index contributed by atoms with van der Waals surface area (Å²) in [5.74, 6) is 2.04. The van der Waals surface area contributed by atoms with Gasteiger partial charge in [0.25, 0.3) is 0 Å². The van der Waals surface area contributed by atoms with Crippen molar-refractivity contribution in [1.29, 1.82) is 0 Å². The highest BCUT2D eigenvalue weighted by Crippen LogP contribution is 2.38. The molecule has 2 heterocycles. The van der Waals surface area contributed by atoms with Crippen LogP contribution in [0.25, 0.3) is 0 Å². The summed E-state index contributed by atoms with van der Waals surface area (Å²) in [6.45, 7) is 7.88. The van der Waals surface area contributed by atoms with Gasteiger partial charge in [0.15, 0.2) is 11.5 Å². The normalized spacial score (nSPS) is 21.1. The molecular formula is C19H28N2O4. The molecule has 0 aromatic heterocycles. The van der Waals surface area contributed by atoms with E-state index in [-0.39, 0.29) is 18.8 Å². The van der Waals surface area contributed by atoms with Gasteiger partial charge in [0.05, 0.1) is 0 Å². The van der Waals surface area contributed by atoms with E-state index in [4.69, 9.17) is 19.9 Å². The predicted molar refractivity (Wildman–Crippen MR) is 94.9 cm³/mol. The average Bonchev–Trinajstić information content (AvgIpc) is 3.02. The van der Waals surface area contributed by atoms with Gasteiger partial charge in [-0.15, -0.1) is 0 Å². The van der Waals surface area contributed by atoms with Gasteiger partial charge in [0.1, 0.15) is 5.60 Å². The number of carbonyl (C=O) groups is 1. The maximum absolute atomic E-state index is 12.4. The molecule has 1 aromatic rings. The largest absolute Gasteiger partial charge is 0.454 e. The summed E-state index contributed by atoms with van der Waals surface area (Å²) in [5, 5.41) is 0. The van der Waals surface area contributed by atoms with Crippen molar-refractivity contribution in [1.82, 2.24) is 4.90 Å². The molecule has 0 aliphatic carbocycles. The number of ether oxygens (including phenoxy) is 3. The van der Waals surface area contributed by atoms with Gasteiger partial charge in [0, 0.05) is 19.0 Å². The van der Waals surface area contributed by atoms with Crippen LogP contribution in [-0.4, -0.2) is 43.0 Å². The lowest BCUT2D eigenvalue weighted by Crippen LogP contribution is -2.44. The Hall–Kier alpha value is -1.95. The minimum Gasteiger partial charge on any atom is -0.454 e. The summed E-state index contributed by atoms with van der Waals surface area (Å²) >= 11 is 0. The molecule has 2 N–H and O–H groups in total. The topological polar surface area (TPSA) is 74.0 Å². The van der Waals surface area contributed by atoms with Gasteiger partial charge < -0.3 is 24.8 Å². The van der Waals surface area contributed by atoms with Crippen molar-refractivity contribution in [3.05, 3.63) is 23.8 Å². The smallest absolute Gasteiger partial charge is 0.410 e. The number of hydrogen-bond donors (Lipinski definition) is 1. The van der Waals surface area contributed by atoms with Gasteiger partial charge in [-0.2, -0.15) is 0 Å². The molecule has 0 bridgehead atoms. The summed E-state index contributed by atoms with van der Waals surface area (Å²) in [4.78, 5) is 14.2. The zero-order valence-corrected chi connectivity index (χ0v) is 15.3. The first kappa shape index (κ1) is 17.9. The average molecular weight is 348 g/mol. The quantitative estimate of drug-likeness (QED) is 0.908. The first-order valence-electron chi connectivity index (χ1n) is 8.95. The van der Waals surface area contributed by atoms with E-state index >= 15 is 0 Å². The molecule has 2 aliphatic heterocycles. The van der Waals surface area contributed by atoms with Crippen molar-refractivity contribution < 1.29 is 19.0 Å². The van der Waals surface area contributed by atoms with Gasteiger partial charge >= 0.3 is 6.09 Å². The minimum atomic E-state index is -0.478. The van der Waals surface area contributed by atoms with Crippen molar-refractivity contribution in [2.45, 2.75) is 45.1 Å². The maximum atomic E-state index is 12.4. The second-order valence-electron chi connectivity index (χ2n) is 7.78. The standard InChI is InChI=1S/C19H28N2O4/c1-19(2,3)25-18(22)21-8-4-5-14(11-21)15(10-20)13-6-7-16-17(9-13)24-12-23-16/h6-7,9,14-15H,4-5,8,10-12,20H2,1-3H3. The van der Waals surface area contributed by atoms with Gasteiger partial charge in [-0.25, -0.2) is 4.79 Å². The second-order valence-corrected chi connectivity index (χ2v) is 7.78. The third-order valence-corrected chi connectivity index (χ3v) is 4.76. The van der Waals surface area contributed by atoms with Crippen LogP contribution in [0.1, 0.15) is 45.1 Å². The Morgan fingerprint density at radius 2 is 2.12 bits per heavy atom. The first-order valence-corrected chi connectivity index (χ1v) is 8.95. The Kier molecular flexibility index (Phi) is 5.08. The highest BCUT2D eigenvalue weighted by Gasteiger charge is 2.32. The maximum Gasteiger partial charge on any atom is 0.410 e. The van der Waals surface area contributed by atoms with Crippen molar-refractivity contribution in [3.63, 3.8) is 0 Å². The molecule has 0 radical (unpaired) electrons. The van der Waals surface area contributed by atoms with Gasteiger partial charge in [-0.3, -0.25) is 0 Å². The van der Waals surface area contributed by atoms with Crippen LogP contribution in [-0.2, 0) is 4.74 Å². The van der Waals surface area contributed by atoms with Crippen molar-refractivity contribution in [3.8, 4) is 11.5 Å². The fourth-order valence-corrected chi connectivity index (χ4v) is 3.58. The van der Waals surface area contributed by atoms with E-state index in [1.54, 1.807) is 0 Å². The highest BCUT2D eigenvalue weighted by molar-refractivity contribution is 5.68. The van der Waals surface area contributed by atoms with Crippen LogP contribution in [0.5, 0.6) is 11.5 Å². The molecule has 138 valence electrons. The zero-order valence-electron chi connectivity index (χ0n) is 15.3. The number of carbonyl (C=O) groups excluding carboxylic acids is 1. The SMILES string of the molecule is CC(C)(C)OC(=O)N1CCCC(C(CN)c2ccc3c(c2)OCO3)C1. The van der Waals surface area contributed by atoms with Gasteiger partial charge in [0.2, 0.25) is 6.79 Å². The van der Waals surface area contributed by atoms with Crippen LogP contribution < -0.4 is 15.2 Å².